The summed E-state index contributed by atoms with van der Waals surface area (Å²) in [5.41, 5.74) is 0.468. The number of alkyl halides is 1. The fraction of sp³-hybridized carbons (Fsp3) is 0.417. The molecule has 0 radical (unpaired) electrons. The lowest BCUT2D eigenvalue weighted by molar-refractivity contribution is 0.0291. The van der Waals surface area contributed by atoms with Gasteiger partial charge in [-0.3, -0.25) is 0 Å². The fourth-order valence-electron chi connectivity index (χ4n) is 0.913. The van der Waals surface area contributed by atoms with Gasteiger partial charge in [-0.2, -0.15) is 0 Å². The van der Waals surface area contributed by atoms with Gasteiger partial charge in [0.15, 0.2) is 5.01 Å². The maximum atomic E-state index is 11.6. The van der Waals surface area contributed by atoms with E-state index in [1.807, 2.05) is 39.0 Å². The van der Waals surface area contributed by atoms with Crippen molar-refractivity contribution in [1.82, 2.24) is 0 Å². The Labute approximate surface area is 98.8 Å². The molecule has 2 nitrogen and oxygen atoms in total. The van der Waals surface area contributed by atoms with Crippen molar-refractivity contribution < 1.29 is 9.53 Å². The predicted molar refractivity (Wildman–Crippen MR) is 64.0 cm³/mol. The molecule has 1 aromatic rings. The van der Waals surface area contributed by atoms with Crippen LogP contribution in [0, 0.1) is 5.41 Å². The van der Waals surface area contributed by atoms with E-state index >= 15 is 0 Å². The quantitative estimate of drug-likeness (QED) is 0.606. The topological polar surface area (TPSA) is 26.3 Å². The van der Waals surface area contributed by atoms with Crippen LogP contribution in [0.15, 0.2) is 30.3 Å². The van der Waals surface area contributed by atoms with Gasteiger partial charge < -0.3 is 4.74 Å². The summed E-state index contributed by atoms with van der Waals surface area (Å²) in [6, 6.07) is 8.98. The van der Waals surface area contributed by atoms with Crippen LogP contribution in [0.4, 0.5) is 0 Å². The lowest BCUT2D eigenvalue weighted by Crippen LogP contribution is -2.26. The SMILES string of the molecule is CC(C)(C)C(Br)OC(=O)c1ccccc1. The lowest BCUT2D eigenvalue weighted by Gasteiger charge is -2.25. The van der Waals surface area contributed by atoms with Crippen molar-refractivity contribution >= 4 is 21.9 Å². The number of halogens is 1. The van der Waals surface area contributed by atoms with Crippen LogP contribution in [0.3, 0.4) is 0 Å². The van der Waals surface area contributed by atoms with Crippen LogP contribution in [-0.2, 0) is 4.74 Å². The fourth-order valence-corrected chi connectivity index (χ4v) is 1.08. The van der Waals surface area contributed by atoms with E-state index in [-0.39, 0.29) is 16.4 Å². The summed E-state index contributed by atoms with van der Waals surface area (Å²) >= 11 is 3.35. The van der Waals surface area contributed by atoms with Crippen molar-refractivity contribution in [3.8, 4) is 0 Å². The van der Waals surface area contributed by atoms with Gasteiger partial charge in [0.2, 0.25) is 0 Å². The Morgan fingerprint density at radius 3 is 2.27 bits per heavy atom. The van der Waals surface area contributed by atoms with Crippen LogP contribution in [0.25, 0.3) is 0 Å². The molecule has 82 valence electrons. The van der Waals surface area contributed by atoms with E-state index in [0.717, 1.165) is 0 Å². The number of carbonyl (C=O) groups is 1. The van der Waals surface area contributed by atoms with Crippen LogP contribution in [-0.4, -0.2) is 11.0 Å². The molecule has 0 fully saturated rings. The standard InChI is InChI=1S/C12H15BrO2/c1-12(2,3)11(13)15-10(14)9-7-5-4-6-8-9/h4-8,11H,1-3H3. The van der Waals surface area contributed by atoms with Gasteiger partial charge in [-0.25, -0.2) is 4.79 Å². The average molecular weight is 271 g/mol. The number of ether oxygens (including phenoxy) is 1. The molecule has 0 spiro atoms. The predicted octanol–water partition coefficient (Wildman–Crippen LogP) is 3.61. The van der Waals surface area contributed by atoms with E-state index < -0.39 is 0 Å². The lowest BCUT2D eigenvalue weighted by atomic mass is 9.98. The second-order valence-electron chi connectivity index (χ2n) is 4.45. The Kier molecular flexibility index (Phi) is 3.91. The van der Waals surface area contributed by atoms with Crippen molar-refractivity contribution in [2.75, 3.05) is 0 Å². The highest BCUT2D eigenvalue weighted by Crippen LogP contribution is 2.27. The van der Waals surface area contributed by atoms with Crippen LogP contribution >= 0.6 is 15.9 Å². The first kappa shape index (κ1) is 12.2. The Bertz CT molecular complexity index is 327. The van der Waals surface area contributed by atoms with Crippen LogP contribution in [0.1, 0.15) is 31.1 Å². The molecule has 0 saturated heterocycles. The van der Waals surface area contributed by atoms with E-state index in [1.165, 1.54) is 0 Å². The largest absolute Gasteiger partial charge is 0.447 e. The Balaban J connectivity index is 2.65. The van der Waals surface area contributed by atoms with Crippen molar-refractivity contribution in [2.45, 2.75) is 25.8 Å². The highest BCUT2D eigenvalue weighted by Gasteiger charge is 2.25. The van der Waals surface area contributed by atoms with E-state index in [0.29, 0.717) is 5.56 Å². The molecule has 0 aliphatic carbocycles. The smallest absolute Gasteiger partial charge is 0.339 e. The third-order valence-electron chi connectivity index (χ3n) is 1.90. The van der Waals surface area contributed by atoms with Gasteiger partial charge >= 0.3 is 5.97 Å². The van der Waals surface area contributed by atoms with Gasteiger partial charge in [0.05, 0.1) is 5.56 Å². The molecule has 1 atom stereocenters. The van der Waals surface area contributed by atoms with Gasteiger partial charge in [0, 0.05) is 5.41 Å². The van der Waals surface area contributed by atoms with Gasteiger partial charge in [-0.05, 0) is 28.1 Å². The average Bonchev–Trinajstić information content (AvgIpc) is 2.17. The van der Waals surface area contributed by atoms with E-state index in [9.17, 15) is 4.79 Å². The monoisotopic (exact) mass is 270 g/mol. The molecule has 0 heterocycles. The van der Waals surface area contributed by atoms with Crippen molar-refractivity contribution in [3.63, 3.8) is 0 Å². The second kappa shape index (κ2) is 4.79. The van der Waals surface area contributed by atoms with Crippen molar-refractivity contribution in [1.29, 1.82) is 0 Å². The first-order valence-corrected chi connectivity index (χ1v) is 5.73. The third kappa shape index (κ3) is 3.67. The van der Waals surface area contributed by atoms with Crippen molar-refractivity contribution in [3.05, 3.63) is 35.9 Å². The molecule has 0 aliphatic rings. The summed E-state index contributed by atoms with van der Waals surface area (Å²) in [7, 11) is 0. The zero-order chi connectivity index (χ0) is 11.5. The molecule has 0 N–H and O–H groups in total. The molecule has 0 saturated carbocycles. The molecule has 1 aromatic carbocycles. The Hall–Kier alpha value is -0.830. The zero-order valence-corrected chi connectivity index (χ0v) is 10.7. The molecule has 0 aromatic heterocycles. The van der Waals surface area contributed by atoms with E-state index in [4.69, 9.17) is 4.74 Å². The van der Waals surface area contributed by atoms with Gasteiger partial charge in [-0.1, -0.05) is 39.0 Å². The molecule has 0 amide bonds. The highest BCUT2D eigenvalue weighted by atomic mass is 79.9. The summed E-state index contributed by atoms with van der Waals surface area (Å²) in [5.74, 6) is -0.299. The summed E-state index contributed by atoms with van der Waals surface area (Å²) in [4.78, 5) is 11.6. The third-order valence-corrected chi connectivity index (χ3v) is 3.46. The summed E-state index contributed by atoms with van der Waals surface area (Å²) in [5, 5.41) is -0.280. The first-order valence-electron chi connectivity index (χ1n) is 4.81. The maximum absolute atomic E-state index is 11.6. The second-order valence-corrected chi connectivity index (χ2v) is 5.29. The van der Waals surface area contributed by atoms with Crippen LogP contribution in [0.2, 0.25) is 0 Å². The van der Waals surface area contributed by atoms with Gasteiger partial charge in [-0.15, -0.1) is 0 Å². The number of benzene rings is 1. The van der Waals surface area contributed by atoms with Gasteiger partial charge in [0.25, 0.3) is 0 Å². The Morgan fingerprint density at radius 1 is 1.27 bits per heavy atom. The molecular formula is C12H15BrO2. The van der Waals surface area contributed by atoms with E-state index in [2.05, 4.69) is 15.9 Å². The van der Waals surface area contributed by atoms with Gasteiger partial charge in [0.1, 0.15) is 0 Å². The molecule has 1 unspecified atom stereocenters. The normalized spacial score (nSPS) is 13.3. The minimum atomic E-state index is -0.299. The number of hydrogen-bond acceptors (Lipinski definition) is 2. The molecular weight excluding hydrogens is 256 g/mol. The molecule has 0 aliphatic heterocycles. The van der Waals surface area contributed by atoms with E-state index in [1.54, 1.807) is 12.1 Å². The zero-order valence-electron chi connectivity index (χ0n) is 9.16. The summed E-state index contributed by atoms with van der Waals surface area (Å²) < 4.78 is 5.28. The van der Waals surface area contributed by atoms with Crippen LogP contribution < -0.4 is 0 Å². The molecule has 3 heteroatoms. The Morgan fingerprint density at radius 2 is 1.80 bits per heavy atom. The minimum absolute atomic E-state index is 0.107. The summed E-state index contributed by atoms with van der Waals surface area (Å²) in [6.45, 7) is 6.01. The molecule has 0 bridgehead atoms. The summed E-state index contributed by atoms with van der Waals surface area (Å²) in [6.07, 6.45) is 0. The maximum Gasteiger partial charge on any atom is 0.339 e. The number of rotatable bonds is 2. The molecule has 1 rings (SSSR count). The number of esters is 1. The van der Waals surface area contributed by atoms with Crippen molar-refractivity contribution in [2.24, 2.45) is 5.41 Å². The number of carbonyl (C=O) groups excluding carboxylic acids is 1. The minimum Gasteiger partial charge on any atom is -0.447 e. The highest BCUT2D eigenvalue weighted by molar-refractivity contribution is 9.09. The van der Waals surface area contributed by atoms with Crippen LogP contribution in [0.5, 0.6) is 0 Å². The number of hydrogen-bond donors (Lipinski definition) is 0. The molecule has 15 heavy (non-hydrogen) atoms. The first-order chi connectivity index (χ1) is 6.91.